The number of piperidine rings is 1. The van der Waals surface area contributed by atoms with Crippen molar-refractivity contribution < 1.29 is 9.53 Å². The van der Waals surface area contributed by atoms with E-state index >= 15 is 0 Å². The summed E-state index contributed by atoms with van der Waals surface area (Å²) in [7, 11) is 1.69. The first-order chi connectivity index (χ1) is 11.6. The van der Waals surface area contributed by atoms with Crippen LogP contribution in [0.3, 0.4) is 0 Å². The number of aromatic nitrogens is 2. The number of aromatic amines is 1. The van der Waals surface area contributed by atoms with Gasteiger partial charge in [0.1, 0.15) is 6.54 Å². The third-order valence-corrected chi connectivity index (χ3v) is 4.76. The van der Waals surface area contributed by atoms with Crippen molar-refractivity contribution in [3.63, 3.8) is 0 Å². The number of benzene rings is 1. The number of nitrogens with one attached hydrogen (secondary N) is 3. The minimum absolute atomic E-state index is 0.0180. The van der Waals surface area contributed by atoms with E-state index in [1.54, 1.807) is 7.11 Å². The van der Waals surface area contributed by atoms with Gasteiger partial charge in [-0.1, -0.05) is 12.1 Å². The van der Waals surface area contributed by atoms with Crippen LogP contribution in [0.2, 0.25) is 0 Å². The molecule has 7 nitrogen and oxygen atoms in total. The molecule has 1 saturated heterocycles. The van der Waals surface area contributed by atoms with Crippen molar-refractivity contribution in [3.05, 3.63) is 34.7 Å². The Kier molecular flexibility index (Phi) is 5.01. The highest BCUT2D eigenvalue weighted by atomic mass is 16.5. The Balaban J connectivity index is 1.66. The molecular formula is C17H24N4O3. The van der Waals surface area contributed by atoms with E-state index in [1.807, 2.05) is 24.3 Å². The lowest BCUT2D eigenvalue weighted by molar-refractivity contribution is -0.122. The molecule has 1 aromatic carbocycles. The topological polar surface area (TPSA) is 88.2 Å². The Bertz CT molecular complexity index is 753. The maximum Gasteiger partial charge on any atom is 0.326 e. The molecule has 0 unspecified atom stereocenters. The van der Waals surface area contributed by atoms with Crippen LogP contribution in [0.4, 0.5) is 0 Å². The molecule has 0 spiro atoms. The number of para-hydroxylation sites is 2. The first kappa shape index (κ1) is 16.7. The lowest BCUT2D eigenvalue weighted by Crippen LogP contribution is -2.47. The third kappa shape index (κ3) is 3.52. The number of fused-ring (bicyclic) bond motifs is 1. The Morgan fingerprint density at radius 3 is 2.83 bits per heavy atom. The molecule has 7 heteroatoms. The minimum atomic E-state index is -0.264. The van der Waals surface area contributed by atoms with Crippen molar-refractivity contribution in [2.75, 3.05) is 33.4 Å². The number of rotatable bonds is 6. The minimum Gasteiger partial charge on any atom is -0.384 e. The lowest BCUT2D eigenvalue weighted by Gasteiger charge is -2.37. The molecule has 0 aliphatic carbocycles. The van der Waals surface area contributed by atoms with Crippen LogP contribution in [0.5, 0.6) is 0 Å². The van der Waals surface area contributed by atoms with E-state index in [0.717, 1.165) is 37.0 Å². The number of hydrogen-bond donors (Lipinski definition) is 3. The van der Waals surface area contributed by atoms with E-state index in [1.165, 1.54) is 4.57 Å². The number of amides is 1. The van der Waals surface area contributed by atoms with Crippen molar-refractivity contribution in [1.82, 2.24) is 20.2 Å². The fourth-order valence-corrected chi connectivity index (χ4v) is 3.38. The second kappa shape index (κ2) is 7.19. The predicted octanol–water partition coefficient (Wildman–Crippen LogP) is 0.462. The van der Waals surface area contributed by atoms with Crippen molar-refractivity contribution in [3.8, 4) is 0 Å². The van der Waals surface area contributed by atoms with E-state index in [4.69, 9.17) is 4.74 Å². The summed E-state index contributed by atoms with van der Waals surface area (Å²) in [5.41, 5.74) is 1.19. The summed E-state index contributed by atoms with van der Waals surface area (Å²) in [6.07, 6.45) is 1.93. The highest BCUT2D eigenvalue weighted by Crippen LogP contribution is 2.28. The maximum absolute atomic E-state index is 12.4. The van der Waals surface area contributed by atoms with Crippen LogP contribution in [0.1, 0.15) is 12.8 Å². The molecule has 0 bridgehead atoms. The fraction of sp³-hybridized carbons (Fsp3) is 0.529. The summed E-state index contributed by atoms with van der Waals surface area (Å²) in [5.74, 6) is -0.157. The molecule has 2 heterocycles. The molecule has 0 saturated carbocycles. The highest BCUT2D eigenvalue weighted by molar-refractivity contribution is 5.80. The van der Waals surface area contributed by atoms with E-state index in [-0.39, 0.29) is 23.6 Å². The normalized spacial score (nSPS) is 17.0. The van der Waals surface area contributed by atoms with E-state index in [9.17, 15) is 9.59 Å². The van der Waals surface area contributed by atoms with Gasteiger partial charge in [-0.05, 0) is 38.1 Å². The van der Waals surface area contributed by atoms with Gasteiger partial charge >= 0.3 is 5.69 Å². The van der Waals surface area contributed by atoms with Gasteiger partial charge in [0.25, 0.3) is 0 Å². The monoisotopic (exact) mass is 332 g/mol. The zero-order valence-electron chi connectivity index (χ0n) is 13.9. The molecular weight excluding hydrogens is 308 g/mol. The molecule has 24 heavy (non-hydrogen) atoms. The van der Waals surface area contributed by atoms with Gasteiger partial charge in [0, 0.05) is 19.1 Å². The van der Waals surface area contributed by atoms with E-state index in [2.05, 4.69) is 15.6 Å². The van der Waals surface area contributed by atoms with Gasteiger partial charge in [-0.15, -0.1) is 0 Å². The predicted molar refractivity (Wildman–Crippen MR) is 92.0 cm³/mol. The quantitative estimate of drug-likeness (QED) is 0.717. The number of hydrogen-bond acceptors (Lipinski definition) is 4. The van der Waals surface area contributed by atoms with Crippen molar-refractivity contribution in [1.29, 1.82) is 0 Å². The molecule has 3 rings (SSSR count). The van der Waals surface area contributed by atoms with Gasteiger partial charge in [-0.2, -0.15) is 0 Å². The van der Waals surface area contributed by atoms with E-state index in [0.29, 0.717) is 13.2 Å². The molecule has 1 fully saturated rings. The van der Waals surface area contributed by atoms with Crippen molar-refractivity contribution in [2.45, 2.75) is 19.4 Å². The number of ether oxygens (including phenoxy) is 1. The second-order valence-electron chi connectivity index (χ2n) is 6.49. The average molecular weight is 332 g/mol. The molecule has 0 radical (unpaired) electrons. The van der Waals surface area contributed by atoms with Gasteiger partial charge in [0.2, 0.25) is 5.91 Å². The Labute approximate surface area is 140 Å². The summed E-state index contributed by atoms with van der Waals surface area (Å²) in [6, 6.07) is 7.37. The van der Waals surface area contributed by atoms with Gasteiger partial charge in [0.05, 0.1) is 17.6 Å². The average Bonchev–Trinajstić information content (AvgIpc) is 2.90. The number of nitrogens with zero attached hydrogens (tertiary/aromatic N) is 1. The summed E-state index contributed by atoms with van der Waals surface area (Å²) in [5, 5.41) is 6.32. The number of H-pyrrole nitrogens is 1. The molecule has 2 aromatic rings. The Hall–Kier alpha value is -2.12. The summed E-state index contributed by atoms with van der Waals surface area (Å²) < 4.78 is 6.83. The zero-order chi connectivity index (χ0) is 17.0. The van der Waals surface area contributed by atoms with Crippen molar-refractivity contribution >= 4 is 16.9 Å². The van der Waals surface area contributed by atoms with Crippen molar-refractivity contribution in [2.24, 2.45) is 5.41 Å². The van der Waals surface area contributed by atoms with Crippen LogP contribution in [-0.4, -0.2) is 48.8 Å². The van der Waals surface area contributed by atoms with Crippen LogP contribution in [0.15, 0.2) is 29.1 Å². The summed E-state index contributed by atoms with van der Waals surface area (Å²) in [6.45, 7) is 3.08. The van der Waals surface area contributed by atoms with Gasteiger partial charge in [-0.25, -0.2) is 4.79 Å². The Morgan fingerprint density at radius 1 is 1.33 bits per heavy atom. The largest absolute Gasteiger partial charge is 0.384 e. The second-order valence-corrected chi connectivity index (χ2v) is 6.49. The molecule has 1 aliphatic heterocycles. The Morgan fingerprint density at radius 2 is 2.08 bits per heavy atom. The van der Waals surface area contributed by atoms with Crippen LogP contribution in [-0.2, 0) is 16.1 Å². The third-order valence-electron chi connectivity index (χ3n) is 4.76. The number of methoxy groups -OCH3 is 1. The standard InChI is InChI=1S/C17H24N4O3/c1-24-12-17(6-8-18-9-7-17)11-19-15(22)10-21-14-5-3-2-4-13(14)20-16(21)23/h2-5,18H,6-12H2,1H3,(H,19,22)(H,20,23). The van der Waals surface area contributed by atoms with Crippen LogP contribution < -0.4 is 16.3 Å². The highest BCUT2D eigenvalue weighted by Gasteiger charge is 2.32. The molecule has 3 N–H and O–H groups in total. The first-order valence-electron chi connectivity index (χ1n) is 8.27. The molecule has 0 atom stereocenters. The van der Waals surface area contributed by atoms with Crippen LogP contribution in [0.25, 0.3) is 11.0 Å². The van der Waals surface area contributed by atoms with Gasteiger partial charge in [0.15, 0.2) is 0 Å². The number of carbonyl (C=O) groups excluding carboxylic acids is 1. The van der Waals surface area contributed by atoms with Crippen LogP contribution >= 0.6 is 0 Å². The number of imidazole rings is 1. The zero-order valence-corrected chi connectivity index (χ0v) is 13.9. The van der Waals surface area contributed by atoms with E-state index < -0.39 is 0 Å². The molecule has 1 aromatic heterocycles. The smallest absolute Gasteiger partial charge is 0.326 e. The first-order valence-corrected chi connectivity index (χ1v) is 8.27. The van der Waals surface area contributed by atoms with Gasteiger partial charge in [-0.3, -0.25) is 9.36 Å². The molecule has 1 aliphatic rings. The maximum atomic E-state index is 12.4. The molecule has 130 valence electrons. The van der Waals surface area contributed by atoms with Gasteiger partial charge < -0.3 is 20.4 Å². The SMILES string of the molecule is COCC1(CNC(=O)Cn2c(=O)[nH]c3ccccc32)CCNCC1. The summed E-state index contributed by atoms with van der Waals surface area (Å²) >= 11 is 0. The fourth-order valence-electron chi connectivity index (χ4n) is 3.38. The summed E-state index contributed by atoms with van der Waals surface area (Å²) in [4.78, 5) is 27.2. The lowest BCUT2D eigenvalue weighted by atomic mass is 9.79. The molecule has 1 amide bonds. The van der Waals surface area contributed by atoms with Crippen LogP contribution in [0, 0.1) is 5.41 Å². The number of carbonyl (C=O) groups is 1.